The third-order valence-electron chi connectivity index (χ3n) is 7.33. The van der Waals surface area contributed by atoms with Gasteiger partial charge in [0.1, 0.15) is 5.75 Å². The van der Waals surface area contributed by atoms with Gasteiger partial charge in [0.15, 0.2) is 0 Å². The van der Waals surface area contributed by atoms with Gasteiger partial charge in [-0.2, -0.15) is 0 Å². The number of hydrogen-bond donors (Lipinski definition) is 0. The molecule has 1 aliphatic heterocycles. The summed E-state index contributed by atoms with van der Waals surface area (Å²) in [5, 5.41) is 0. The van der Waals surface area contributed by atoms with E-state index >= 15 is 0 Å². The lowest BCUT2D eigenvalue weighted by Crippen LogP contribution is -2.18. The van der Waals surface area contributed by atoms with Crippen molar-refractivity contribution >= 4 is 5.97 Å². The molecule has 1 heterocycles. The number of allylic oxidation sites excluding steroid dienone is 3. The van der Waals surface area contributed by atoms with Crippen molar-refractivity contribution in [1.82, 2.24) is 0 Å². The second-order valence-electron chi connectivity index (χ2n) is 10.6. The van der Waals surface area contributed by atoms with Crippen molar-refractivity contribution in [2.24, 2.45) is 5.92 Å². The number of fused-ring (bicyclic) bond motifs is 1. The van der Waals surface area contributed by atoms with Crippen LogP contribution in [0.3, 0.4) is 0 Å². The zero-order valence-corrected chi connectivity index (χ0v) is 21.0. The molecule has 0 radical (unpaired) electrons. The van der Waals surface area contributed by atoms with Crippen LogP contribution in [0.4, 0.5) is 0 Å². The predicted octanol–water partition coefficient (Wildman–Crippen LogP) is 6.98. The molecule has 1 saturated carbocycles. The van der Waals surface area contributed by atoms with Crippen molar-refractivity contribution in [2.45, 2.75) is 65.7 Å². The van der Waals surface area contributed by atoms with Crippen molar-refractivity contribution < 1.29 is 14.3 Å². The Bertz CT molecular complexity index is 1130. The Balaban J connectivity index is 1.71. The number of hydrogen-bond acceptors (Lipinski definition) is 3. The van der Waals surface area contributed by atoms with E-state index in [2.05, 4.69) is 77.1 Å². The molecule has 174 valence electrons. The molecular weight excluding hydrogens is 408 g/mol. The Hall–Kier alpha value is -2.81. The summed E-state index contributed by atoms with van der Waals surface area (Å²) in [5.41, 5.74) is 8.75. The third-order valence-corrected chi connectivity index (χ3v) is 7.33. The van der Waals surface area contributed by atoms with E-state index in [0.717, 1.165) is 17.7 Å². The number of ether oxygens (including phenoxy) is 2. The largest absolute Gasteiger partial charge is 0.492 e. The van der Waals surface area contributed by atoms with Gasteiger partial charge in [0, 0.05) is 22.6 Å². The Labute approximate surface area is 198 Å². The summed E-state index contributed by atoms with van der Waals surface area (Å²) in [6.07, 6.45) is 6.97. The highest BCUT2D eigenvalue weighted by atomic mass is 16.5. The average molecular weight is 445 g/mol. The van der Waals surface area contributed by atoms with Crippen molar-refractivity contribution in [3.05, 3.63) is 76.4 Å². The first-order chi connectivity index (χ1) is 15.6. The minimum absolute atomic E-state index is 0.00770. The predicted molar refractivity (Wildman–Crippen MR) is 135 cm³/mol. The second-order valence-corrected chi connectivity index (χ2v) is 10.6. The molecule has 0 spiro atoms. The van der Waals surface area contributed by atoms with Crippen LogP contribution >= 0.6 is 0 Å². The number of carbonyl (C=O) groups is 1. The molecule has 1 aliphatic carbocycles. The minimum atomic E-state index is -0.280. The molecule has 33 heavy (non-hydrogen) atoms. The van der Waals surface area contributed by atoms with Crippen LogP contribution in [0.15, 0.2) is 54.1 Å². The first-order valence-electron chi connectivity index (χ1n) is 12.0. The van der Waals surface area contributed by atoms with Crippen LogP contribution in [0.2, 0.25) is 0 Å². The monoisotopic (exact) mass is 444 g/mol. The van der Waals surface area contributed by atoms with Gasteiger partial charge in [0.2, 0.25) is 0 Å². The Morgan fingerprint density at radius 1 is 1.18 bits per heavy atom. The standard InChI is InChI=1S/C30H36O3/c1-8-32-26(31)14-19(2)12-13-22-17-30(22,7)23-15-24(27-20(3)10-9-11-21(27)4)28-25(16-23)29(5,6)18-33-28/h9-16,22H,8,17-18H2,1-7H3/t22-,30?/m1/s1. The van der Waals surface area contributed by atoms with Crippen LogP contribution in [-0.4, -0.2) is 19.2 Å². The Morgan fingerprint density at radius 3 is 2.55 bits per heavy atom. The van der Waals surface area contributed by atoms with Gasteiger partial charge in [0.05, 0.1) is 13.2 Å². The van der Waals surface area contributed by atoms with E-state index in [9.17, 15) is 4.79 Å². The molecule has 2 atom stereocenters. The maximum Gasteiger partial charge on any atom is 0.330 e. The van der Waals surface area contributed by atoms with E-state index in [-0.39, 0.29) is 16.8 Å². The van der Waals surface area contributed by atoms with Gasteiger partial charge < -0.3 is 9.47 Å². The summed E-state index contributed by atoms with van der Waals surface area (Å²) in [5.74, 6) is 1.21. The fourth-order valence-corrected chi connectivity index (χ4v) is 5.07. The molecule has 0 saturated heterocycles. The number of benzene rings is 2. The lowest BCUT2D eigenvalue weighted by Gasteiger charge is -2.21. The van der Waals surface area contributed by atoms with E-state index < -0.39 is 0 Å². The van der Waals surface area contributed by atoms with Crippen LogP contribution < -0.4 is 4.74 Å². The molecule has 4 rings (SSSR count). The molecule has 3 heteroatoms. The lowest BCUT2D eigenvalue weighted by atomic mass is 9.80. The van der Waals surface area contributed by atoms with Crippen LogP contribution in [0.5, 0.6) is 5.75 Å². The summed E-state index contributed by atoms with van der Waals surface area (Å²) >= 11 is 0. The number of aryl methyl sites for hydroxylation is 2. The number of esters is 1. The SMILES string of the molecule is CCOC(=O)C=C(C)C=C[C@@H]1CC1(C)c1cc(-c2c(C)cccc2C)c2c(c1)C(C)(C)CO2. The lowest BCUT2D eigenvalue weighted by molar-refractivity contribution is -0.137. The van der Waals surface area contributed by atoms with Gasteiger partial charge in [-0.1, -0.05) is 57.2 Å². The second kappa shape index (κ2) is 8.52. The van der Waals surface area contributed by atoms with E-state index in [4.69, 9.17) is 9.47 Å². The van der Waals surface area contributed by atoms with E-state index in [1.165, 1.54) is 33.4 Å². The van der Waals surface area contributed by atoms with Crippen molar-refractivity contribution in [3.8, 4) is 16.9 Å². The van der Waals surface area contributed by atoms with Crippen LogP contribution in [-0.2, 0) is 20.4 Å². The van der Waals surface area contributed by atoms with Crippen LogP contribution in [0.25, 0.3) is 11.1 Å². The number of rotatable bonds is 6. The molecule has 1 unspecified atom stereocenters. The summed E-state index contributed by atoms with van der Waals surface area (Å²) in [6.45, 7) is 16.1. The highest BCUT2D eigenvalue weighted by Crippen LogP contribution is 2.58. The zero-order valence-electron chi connectivity index (χ0n) is 21.0. The summed E-state index contributed by atoms with van der Waals surface area (Å²) in [6, 6.07) is 11.2. The molecule has 0 bridgehead atoms. The smallest absolute Gasteiger partial charge is 0.330 e. The Morgan fingerprint density at radius 2 is 1.88 bits per heavy atom. The summed E-state index contributed by atoms with van der Waals surface area (Å²) in [4.78, 5) is 11.7. The molecule has 1 fully saturated rings. The highest BCUT2D eigenvalue weighted by molar-refractivity contribution is 5.83. The molecule has 2 aliphatic rings. The molecule has 0 amide bonds. The fraction of sp³-hybridized carbons (Fsp3) is 0.433. The molecule has 2 aromatic carbocycles. The average Bonchev–Trinajstić information content (AvgIpc) is 3.31. The van der Waals surface area contributed by atoms with E-state index in [1.807, 2.05) is 13.8 Å². The van der Waals surface area contributed by atoms with Gasteiger partial charge in [-0.3, -0.25) is 0 Å². The normalized spacial score (nSPS) is 23.4. The molecular formula is C30H36O3. The van der Waals surface area contributed by atoms with Gasteiger partial charge in [0.25, 0.3) is 0 Å². The maximum absolute atomic E-state index is 11.7. The molecule has 0 N–H and O–H groups in total. The molecule has 0 aromatic heterocycles. The van der Waals surface area contributed by atoms with Gasteiger partial charge >= 0.3 is 5.97 Å². The number of carbonyl (C=O) groups excluding carboxylic acids is 1. The van der Waals surface area contributed by atoms with Gasteiger partial charge in [-0.05, 0) is 79.3 Å². The van der Waals surface area contributed by atoms with Crippen molar-refractivity contribution in [1.29, 1.82) is 0 Å². The fourth-order valence-electron chi connectivity index (χ4n) is 5.07. The summed E-state index contributed by atoms with van der Waals surface area (Å²) < 4.78 is 11.3. The van der Waals surface area contributed by atoms with Crippen LogP contribution in [0, 0.1) is 19.8 Å². The van der Waals surface area contributed by atoms with Crippen molar-refractivity contribution in [3.63, 3.8) is 0 Å². The van der Waals surface area contributed by atoms with E-state index in [1.54, 1.807) is 6.08 Å². The zero-order chi connectivity index (χ0) is 24.0. The van der Waals surface area contributed by atoms with Gasteiger partial charge in [-0.15, -0.1) is 0 Å². The Kier molecular flexibility index (Phi) is 6.03. The highest BCUT2D eigenvalue weighted by Gasteiger charge is 2.50. The topological polar surface area (TPSA) is 35.5 Å². The third kappa shape index (κ3) is 4.38. The molecule has 2 aromatic rings. The van der Waals surface area contributed by atoms with Gasteiger partial charge in [-0.25, -0.2) is 4.79 Å². The maximum atomic E-state index is 11.7. The first kappa shape index (κ1) is 23.4. The van der Waals surface area contributed by atoms with E-state index in [0.29, 0.717) is 19.1 Å². The quantitative estimate of drug-likeness (QED) is 0.274. The van der Waals surface area contributed by atoms with Crippen molar-refractivity contribution in [2.75, 3.05) is 13.2 Å². The molecule has 3 nitrogen and oxygen atoms in total. The summed E-state index contributed by atoms with van der Waals surface area (Å²) in [7, 11) is 0. The first-order valence-corrected chi connectivity index (χ1v) is 12.0. The van der Waals surface area contributed by atoms with Crippen LogP contribution in [0.1, 0.15) is 63.3 Å². The minimum Gasteiger partial charge on any atom is -0.492 e.